The van der Waals surface area contributed by atoms with Crippen LogP contribution in [-0.2, 0) is 12.8 Å². The van der Waals surface area contributed by atoms with Gasteiger partial charge in [-0.05, 0) is 59.7 Å². The third-order valence-electron chi connectivity index (χ3n) is 3.89. The van der Waals surface area contributed by atoms with E-state index in [0.717, 1.165) is 12.8 Å². The Morgan fingerprint density at radius 1 is 0.900 bits per heavy atom. The Balaban J connectivity index is 1.79. The summed E-state index contributed by atoms with van der Waals surface area (Å²) in [5, 5.41) is 2.74. The van der Waals surface area contributed by atoms with Gasteiger partial charge in [0.2, 0.25) is 0 Å². The van der Waals surface area contributed by atoms with Crippen LogP contribution in [0.25, 0.3) is 10.8 Å². The second kappa shape index (κ2) is 5.87. The van der Waals surface area contributed by atoms with Gasteiger partial charge in [-0.2, -0.15) is 0 Å². The van der Waals surface area contributed by atoms with Crippen molar-refractivity contribution >= 4 is 10.8 Å². The number of hydrogen-bond donors (Lipinski definition) is 0. The summed E-state index contributed by atoms with van der Waals surface area (Å²) in [6.07, 6.45) is 7.19. The maximum absolute atomic E-state index is 4.18. The number of nitrogens with zero attached hydrogens (tertiary/aromatic N) is 1. The average molecular weight is 261 g/mol. The van der Waals surface area contributed by atoms with Crippen molar-refractivity contribution in [3.8, 4) is 0 Å². The summed E-state index contributed by atoms with van der Waals surface area (Å²) in [6.45, 7) is 2.21. The van der Waals surface area contributed by atoms with Crippen LogP contribution >= 0.6 is 0 Å². The van der Waals surface area contributed by atoms with Gasteiger partial charge >= 0.3 is 0 Å². The van der Waals surface area contributed by atoms with Crippen molar-refractivity contribution in [2.24, 2.45) is 0 Å². The van der Waals surface area contributed by atoms with Crippen LogP contribution in [-0.4, -0.2) is 4.98 Å². The molecule has 1 heteroatoms. The third kappa shape index (κ3) is 2.72. The van der Waals surface area contributed by atoms with E-state index in [1.807, 2.05) is 18.5 Å². The summed E-state index contributed by atoms with van der Waals surface area (Å²) < 4.78 is 0. The molecule has 0 bridgehead atoms. The summed E-state index contributed by atoms with van der Waals surface area (Å²) in [5.41, 5.74) is 4.22. The number of hydrogen-bond acceptors (Lipinski definition) is 1. The second-order valence-electron chi connectivity index (χ2n) is 5.30. The lowest BCUT2D eigenvalue weighted by atomic mass is 9.95. The highest BCUT2D eigenvalue weighted by Crippen LogP contribution is 2.23. The first-order valence-corrected chi connectivity index (χ1v) is 7.21. The van der Waals surface area contributed by atoms with Gasteiger partial charge in [0, 0.05) is 12.4 Å². The van der Waals surface area contributed by atoms with E-state index >= 15 is 0 Å². The molecule has 1 heterocycles. The van der Waals surface area contributed by atoms with E-state index < -0.39 is 0 Å². The lowest BCUT2D eigenvalue weighted by Gasteiger charge is -2.10. The molecule has 0 N–H and O–H groups in total. The molecule has 3 rings (SSSR count). The SMILES string of the molecule is Cc1ccc2ccccc2c1CCCc1cccnc1. The third-order valence-corrected chi connectivity index (χ3v) is 3.89. The molecule has 100 valence electrons. The Labute approximate surface area is 120 Å². The topological polar surface area (TPSA) is 12.9 Å². The van der Waals surface area contributed by atoms with E-state index in [2.05, 4.69) is 54.4 Å². The largest absolute Gasteiger partial charge is 0.264 e. The fraction of sp³-hybridized carbons (Fsp3) is 0.211. The summed E-state index contributed by atoms with van der Waals surface area (Å²) in [4.78, 5) is 4.18. The molecule has 1 aromatic heterocycles. The van der Waals surface area contributed by atoms with Crippen molar-refractivity contribution in [3.63, 3.8) is 0 Å². The number of fused-ring (bicyclic) bond motifs is 1. The summed E-state index contributed by atoms with van der Waals surface area (Å²) in [7, 11) is 0. The molecule has 0 amide bonds. The molecule has 3 aromatic rings. The Morgan fingerprint density at radius 3 is 2.65 bits per heavy atom. The van der Waals surface area contributed by atoms with E-state index in [4.69, 9.17) is 0 Å². The monoisotopic (exact) mass is 261 g/mol. The second-order valence-corrected chi connectivity index (χ2v) is 5.30. The number of aromatic nitrogens is 1. The summed E-state index contributed by atoms with van der Waals surface area (Å²) in [6, 6.07) is 17.3. The minimum absolute atomic E-state index is 1.09. The van der Waals surface area contributed by atoms with Gasteiger partial charge in [0.05, 0.1) is 0 Å². The molecule has 0 atom stereocenters. The van der Waals surface area contributed by atoms with Crippen molar-refractivity contribution in [2.75, 3.05) is 0 Å². The highest BCUT2D eigenvalue weighted by Gasteiger charge is 2.04. The lowest BCUT2D eigenvalue weighted by molar-refractivity contribution is 0.817. The minimum atomic E-state index is 1.09. The standard InChI is InChI=1S/C19H19N/c1-15-11-12-17-8-2-3-9-19(17)18(15)10-4-6-16-7-5-13-20-14-16/h2-3,5,7-9,11-14H,4,6,10H2,1H3. The summed E-state index contributed by atoms with van der Waals surface area (Å²) in [5.74, 6) is 0. The van der Waals surface area contributed by atoms with Crippen LogP contribution in [0.1, 0.15) is 23.1 Å². The fourth-order valence-corrected chi connectivity index (χ4v) is 2.79. The first kappa shape index (κ1) is 12.9. The predicted molar refractivity (Wildman–Crippen MR) is 84.9 cm³/mol. The van der Waals surface area contributed by atoms with Crippen molar-refractivity contribution < 1.29 is 0 Å². The van der Waals surface area contributed by atoms with Gasteiger partial charge in [-0.1, -0.05) is 42.5 Å². The number of rotatable bonds is 4. The molecular formula is C19H19N. The van der Waals surface area contributed by atoms with Crippen LogP contribution in [0.5, 0.6) is 0 Å². The van der Waals surface area contributed by atoms with E-state index in [1.165, 1.54) is 33.9 Å². The Bertz CT molecular complexity index is 701. The molecule has 0 aliphatic rings. The zero-order valence-corrected chi connectivity index (χ0v) is 11.8. The van der Waals surface area contributed by atoms with Crippen molar-refractivity contribution in [2.45, 2.75) is 26.2 Å². The molecule has 0 saturated carbocycles. The normalized spacial score (nSPS) is 10.8. The first-order valence-electron chi connectivity index (χ1n) is 7.21. The van der Waals surface area contributed by atoms with Gasteiger partial charge in [-0.15, -0.1) is 0 Å². The van der Waals surface area contributed by atoms with Crippen LogP contribution in [0.3, 0.4) is 0 Å². The lowest BCUT2D eigenvalue weighted by Crippen LogP contribution is -1.95. The molecule has 0 unspecified atom stereocenters. The van der Waals surface area contributed by atoms with Crippen molar-refractivity contribution in [3.05, 3.63) is 77.6 Å². The highest BCUT2D eigenvalue weighted by molar-refractivity contribution is 5.86. The number of pyridine rings is 1. The summed E-state index contributed by atoms with van der Waals surface area (Å²) >= 11 is 0. The van der Waals surface area contributed by atoms with Gasteiger partial charge in [0.25, 0.3) is 0 Å². The number of benzene rings is 2. The van der Waals surface area contributed by atoms with Gasteiger partial charge < -0.3 is 0 Å². The molecule has 20 heavy (non-hydrogen) atoms. The molecule has 0 radical (unpaired) electrons. The highest BCUT2D eigenvalue weighted by atomic mass is 14.6. The minimum Gasteiger partial charge on any atom is -0.264 e. The maximum Gasteiger partial charge on any atom is 0.0299 e. The van der Waals surface area contributed by atoms with Crippen molar-refractivity contribution in [1.29, 1.82) is 0 Å². The van der Waals surface area contributed by atoms with Crippen LogP contribution < -0.4 is 0 Å². The van der Waals surface area contributed by atoms with E-state index in [0.29, 0.717) is 0 Å². The molecule has 2 aromatic carbocycles. The molecular weight excluding hydrogens is 242 g/mol. The molecule has 0 aliphatic heterocycles. The quantitative estimate of drug-likeness (QED) is 0.662. The van der Waals surface area contributed by atoms with Crippen LogP contribution in [0.4, 0.5) is 0 Å². The van der Waals surface area contributed by atoms with Gasteiger partial charge in [0.1, 0.15) is 0 Å². The van der Waals surface area contributed by atoms with Crippen LogP contribution in [0.15, 0.2) is 60.9 Å². The first-order chi connectivity index (χ1) is 9.84. The molecule has 0 aliphatic carbocycles. The van der Waals surface area contributed by atoms with Crippen molar-refractivity contribution in [1.82, 2.24) is 4.98 Å². The zero-order valence-electron chi connectivity index (χ0n) is 11.8. The number of aryl methyl sites for hydroxylation is 3. The maximum atomic E-state index is 4.18. The fourth-order valence-electron chi connectivity index (χ4n) is 2.79. The van der Waals surface area contributed by atoms with Gasteiger partial charge in [0.15, 0.2) is 0 Å². The average Bonchev–Trinajstić information content (AvgIpc) is 2.50. The Hall–Kier alpha value is -2.15. The van der Waals surface area contributed by atoms with E-state index in [-0.39, 0.29) is 0 Å². The smallest absolute Gasteiger partial charge is 0.0299 e. The molecule has 0 spiro atoms. The van der Waals surface area contributed by atoms with Gasteiger partial charge in [-0.25, -0.2) is 0 Å². The zero-order chi connectivity index (χ0) is 13.8. The molecule has 0 fully saturated rings. The van der Waals surface area contributed by atoms with E-state index in [1.54, 1.807) is 0 Å². The van der Waals surface area contributed by atoms with Crippen LogP contribution in [0.2, 0.25) is 0 Å². The molecule has 0 saturated heterocycles. The Kier molecular flexibility index (Phi) is 3.78. The Morgan fingerprint density at radius 2 is 1.80 bits per heavy atom. The van der Waals surface area contributed by atoms with E-state index in [9.17, 15) is 0 Å². The predicted octanol–water partition coefficient (Wildman–Crippen LogP) is 4.72. The van der Waals surface area contributed by atoms with Gasteiger partial charge in [-0.3, -0.25) is 4.98 Å². The molecule has 1 nitrogen and oxygen atoms in total. The van der Waals surface area contributed by atoms with Crippen LogP contribution in [0, 0.1) is 6.92 Å².